The highest BCUT2D eigenvalue weighted by atomic mass is 19.1. The number of primary amides is 1. The molecule has 132 valence electrons. The largest absolute Gasteiger partial charge is 0.489 e. The zero-order chi connectivity index (χ0) is 18.4. The molecule has 0 bridgehead atoms. The maximum atomic E-state index is 14.1. The van der Waals surface area contributed by atoms with Crippen molar-refractivity contribution in [2.24, 2.45) is 5.73 Å². The number of aliphatic hydroxyl groups excluding tert-OH is 1. The van der Waals surface area contributed by atoms with Crippen molar-refractivity contribution in [2.75, 3.05) is 6.61 Å². The SMILES string of the molecule is NC(=O)[C@H](CO)NC(=O)c1ccc(OCc2cccc(F)c2)cc1F. The van der Waals surface area contributed by atoms with Gasteiger partial charge in [0.05, 0.1) is 12.2 Å². The minimum Gasteiger partial charge on any atom is -0.489 e. The normalized spacial score (nSPS) is 11.6. The number of rotatable bonds is 7. The lowest BCUT2D eigenvalue weighted by molar-refractivity contribution is -0.120. The summed E-state index contributed by atoms with van der Waals surface area (Å²) in [7, 11) is 0. The quantitative estimate of drug-likeness (QED) is 0.696. The van der Waals surface area contributed by atoms with E-state index in [1.165, 1.54) is 30.3 Å². The first-order valence-electron chi connectivity index (χ1n) is 7.28. The highest BCUT2D eigenvalue weighted by Crippen LogP contribution is 2.18. The van der Waals surface area contributed by atoms with Gasteiger partial charge < -0.3 is 20.9 Å². The van der Waals surface area contributed by atoms with E-state index in [1.54, 1.807) is 6.07 Å². The predicted molar refractivity (Wildman–Crippen MR) is 84.7 cm³/mol. The summed E-state index contributed by atoms with van der Waals surface area (Å²) in [4.78, 5) is 22.9. The third-order valence-corrected chi connectivity index (χ3v) is 3.31. The van der Waals surface area contributed by atoms with Crippen molar-refractivity contribution in [2.45, 2.75) is 12.6 Å². The Kier molecular flexibility index (Phi) is 6.02. The molecule has 0 saturated heterocycles. The number of carbonyl (C=O) groups excluding carboxylic acids is 2. The van der Waals surface area contributed by atoms with Gasteiger partial charge in [0, 0.05) is 6.07 Å². The standard InChI is InChI=1S/C17H16F2N2O4/c18-11-3-1-2-10(6-11)9-25-12-4-5-13(14(19)7-12)17(24)21-15(8-22)16(20)23/h1-7,15,22H,8-9H2,(H2,20,23)(H,21,24)/t15-/m0/s1. The smallest absolute Gasteiger partial charge is 0.254 e. The van der Waals surface area contributed by atoms with Crippen LogP contribution in [0.3, 0.4) is 0 Å². The molecule has 0 radical (unpaired) electrons. The third-order valence-electron chi connectivity index (χ3n) is 3.31. The van der Waals surface area contributed by atoms with Crippen molar-refractivity contribution in [3.63, 3.8) is 0 Å². The van der Waals surface area contributed by atoms with Gasteiger partial charge in [-0.15, -0.1) is 0 Å². The number of benzene rings is 2. The fraction of sp³-hybridized carbons (Fsp3) is 0.176. The van der Waals surface area contributed by atoms with Crippen molar-refractivity contribution in [1.82, 2.24) is 5.32 Å². The van der Waals surface area contributed by atoms with Crippen LogP contribution in [0, 0.1) is 11.6 Å². The molecule has 4 N–H and O–H groups in total. The van der Waals surface area contributed by atoms with Crippen LogP contribution in [-0.4, -0.2) is 29.6 Å². The maximum Gasteiger partial charge on any atom is 0.254 e. The summed E-state index contributed by atoms with van der Waals surface area (Å²) >= 11 is 0. The van der Waals surface area contributed by atoms with Gasteiger partial charge >= 0.3 is 0 Å². The van der Waals surface area contributed by atoms with E-state index >= 15 is 0 Å². The van der Waals surface area contributed by atoms with Gasteiger partial charge in [-0.2, -0.15) is 0 Å². The van der Waals surface area contributed by atoms with Crippen LogP contribution in [0.1, 0.15) is 15.9 Å². The maximum absolute atomic E-state index is 14.1. The van der Waals surface area contributed by atoms with Gasteiger partial charge in [0.15, 0.2) is 0 Å². The van der Waals surface area contributed by atoms with Crippen LogP contribution in [0.5, 0.6) is 5.75 Å². The molecule has 25 heavy (non-hydrogen) atoms. The minimum absolute atomic E-state index is 0.0248. The van der Waals surface area contributed by atoms with Crippen LogP contribution in [0.25, 0.3) is 0 Å². The van der Waals surface area contributed by atoms with Crippen LogP contribution in [-0.2, 0) is 11.4 Å². The summed E-state index contributed by atoms with van der Waals surface area (Å²) in [5.74, 6) is -2.98. The molecule has 2 aromatic carbocycles. The molecule has 8 heteroatoms. The second kappa shape index (κ2) is 8.20. The number of halogens is 2. The Morgan fingerprint density at radius 2 is 1.96 bits per heavy atom. The first-order valence-corrected chi connectivity index (χ1v) is 7.28. The Morgan fingerprint density at radius 3 is 2.56 bits per heavy atom. The molecule has 2 rings (SSSR count). The predicted octanol–water partition coefficient (Wildman–Crippen LogP) is 1.12. The molecule has 1 atom stereocenters. The second-order valence-electron chi connectivity index (χ2n) is 5.17. The Hall–Kier alpha value is -3.00. The number of hydrogen-bond donors (Lipinski definition) is 3. The zero-order valence-electron chi connectivity index (χ0n) is 13.0. The molecular formula is C17H16F2N2O4. The molecule has 0 heterocycles. The van der Waals surface area contributed by atoms with E-state index in [4.69, 9.17) is 15.6 Å². The molecule has 0 aliphatic carbocycles. The van der Waals surface area contributed by atoms with E-state index in [0.717, 1.165) is 6.07 Å². The zero-order valence-corrected chi connectivity index (χ0v) is 13.0. The molecule has 0 fully saturated rings. The van der Waals surface area contributed by atoms with E-state index in [0.29, 0.717) is 5.56 Å². The van der Waals surface area contributed by atoms with Gasteiger partial charge in [-0.05, 0) is 29.8 Å². The van der Waals surface area contributed by atoms with Crippen molar-refractivity contribution >= 4 is 11.8 Å². The van der Waals surface area contributed by atoms with Crippen molar-refractivity contribution in [3.8, 4) is 5.75 Å². The lowest BCUT2D eigenvalue weighted by Crippen LogP contribution is -2.46. The molecule has 0 aliphatic rings. The fourth-order valence-corrected chi connectivity index (χ4v) is 2.01. The average molecular weight is 350 g/mol. The molecule has 0 unspecified atom stereocenters. The summed E-state index contributed by atoms with van der Waals surface area (Å²) in [5, 5.41) is 11.1. The molecule has 0 spiro atoms. The van der Waals surface area contributed by atoms with Crippen LogP contribution in [0.2, 0.25) is 0 Å². The Balaban J connectivity index is 2.04. The molecule has 0 aliphatic heterocycles. The number of ether oxygens (including phenoxy) is 1. The number of nitrogens with one attached hydrogen (secondary N) is 1. The lowest BCUT2D eigenvalue weighted by Gasteiger charge is -2.13. The Morgan fingerprint density at radius 1 is 1.20 bits per heavy atom. The van der Waals surface area contributed by atoms with E-state index in [1.807, 2.05) is 0 Å². The Labute approximate surface area is 142 Å². The van der Waals surface area contributed by atoms with E-state index in [9.17, 15) is 18.4 Å². The summed E-state index contributed by atoms with van der Waals surface area (Å²) in [5.41, 5.74) is 5.22. The first-order chi connectivity index (χ1) is 11.9. The van der Waals surface area contributed by atoms with E-state index in [2.05, 4.69) is 5.32 Å². The molecule has 2 aromatic rings. The van der Waals surface area contributed by atoms with Gasteiger partial charge in [0.1, 0.15) is 30.0 Å². The van der Waals surface area contributed by atoms with Crippen molar-refractivity contribution in [3.05, 3.63) is 65.2 Å². The van der Waals surface area contributed by atoms with Crippen molar-refractivity contribution < 1.29 is 28.2 Å². The summed E-state index contributed by atoms with van der Waals surface area (Å²) in [6.07, 6.45) is 0. The number of hydrogen-bond acceptors (Lipinski definition) is 4. The number of aliphatic hydroxyl groups is 1. The van der Waals surface area contributed by atoms with Gasteiger partial charge in [-0.25, -0.2) is 8.78 Å². The van der Waals surface area contributed by atoms with Crippen LogP contribution in [0.4, 0.5) is 8.78 Å². The summed E-state index contributed by atoms with van der Waals surface area (Å²) in [6, 6.07) is 7.97. The average Bonchev–Trinajstić information content (AvgIpc) is 2.57. The van der Waals surface area contributed by atoms with Gasteiger partial charge in [-0.3, -0.25) is 9.59 Å². The fourth-order valence-electron chi connectivity index (χ4n) is 2.01. The third kappa shape index (κ3) is 4.98. The summed E-state index contributed by atoms with van der Waals surface area (Å²) in [6.45, 7) is -0.672. The highest BCUT2D eigenvalue weighted by Gasteiger charge is 2.20. The van der Waals surface area contributed by atoms with Crippen LogP contribution in [0.15, 0.2) is 42.5 Å². The van der Waals surface area contributed by atoms with E-state index in [-0.39, 0.29) is 17.9 Å². The van der Waals surface area contributed by atoms with Gasteiger partial charge in [0.25, 0.3) is 5.91 Å². The summed E-state index contributed by atoms with van der Waals surface area (Å²) < 4.78 is 32.5. The number of nitrogens with two attached hydrogens (primary N) is 1. The molecule has 0 aromatic heterocycles. The van der Waals surface area contributed by atoms with Crippen molar-refractivity contribution in [1.29, 1.82) is 0 Å². The monoisotopic (exact) mass is 350 g/mol. The van der Waals surface area contributed by atoms with Crippen LogP contribution < -0.4 is 15.8 Å². The molecule has 6 nitrogen and oxygen atoms in total. The molecule has 2 amide bonds. The molecular weight excluding hydrogens is 334 g/mol. The van der Waals surface area contributed by atoms with E-state index < -0.39 is 36.1 Å². The minimum atomic E-state index is -1.31. The number of carbonyl (C=O) groups is 2. The highest BCUT2D eigenvalue weighted by molar-refractivity contribution is 5.97. The number of amides is 2. The van der Waals surface area contributed by atoms with Gasteiger partial charge in [0.2, 0.25) is 5.91 Å². The first kappa shape index (κ1) is 18.3. The second-order valence-corrected chi connectivity index (χ2v) is 5.17. The van der Waals surface area contributed by atoms with Crippen LogP contribution >= 0.6 is 0 Å². The molecule has 0 saturated carbocycles. The Bertz CT molecular complexity index is 783. The lowest BCUT2D eigenvalue weighted by atomic mass is 10.1. The van der Waals surface area contributed by atoms with Gasteiger partial charge in [-0.1, -0.05) is 12.1 Å². The topological polar surface area (TPSA) is 102 Å².